The summed E-state index contributed by atoms with van der Waals surface area (Å²) in [6.45, 7) is 1.96. The molecule has 4 aromatic rings. The van der Waals surface area contributed by atoms with Gasteiger partial charge in [-0.3, -0.25) is 0 Å². The standard InChI is InChI=1S/C16H12N2O2/c1-10-17-15-7-13(11-2-4-19-8-11)6-14(16(15)18-10)12-3-5-20-9-12/h2-9H,1H3,(H,17,18). The van der Waals surface area contributed by atoms with Crippen molar-refractivity contribution in [2.45, 2.75) is 6.92 Å². The molecule has 0 radical (unpaired) electrons. The summed E-state index contributed by atoms with van der Waals surface area (Å²) in [5.41, 5.74) is 6.17. The molecule has 0 aliphatic carbocycles. The highest BCUT2D eigenvalue weighted by atomic mass is 16.3. The van der Waals surface area contributed by atoms with Crippen LogP contribution in [-0.2, 0) is 0 Å². The second kappa shape index (κ2) is 4.13. The van der Waals surface area contributed by atoms with Gasteiger partial charge in [-0.2, -0.15) is 0 Å². The van der Waals surface area contributed by atoms with E-state index in [0.29, 0.717) is 0 Å². The zero-order valence-electron chi connectivity index (χ0n) is 10.9. The van der Waals surface area contributed by atoms with Crippen molar-refractivity contribution < 1.29 is 8.83 Å². The second-order valence-corrected chi connectivity index (χ2v) is 4.77. The summed E-state index contributed by atoms with van der Waals surface area (Å²) in [6.07, 6.45) is 6.82. The number of aromatic nitrogens is 2. The molecular weight excluding hydrogens is 252 g/mol. The van der Waals surface area contributed by atoms with Crippen LogP contribution in [0.3, 0.4) is 0 Å². The third-order valence-electron chi connectivity index (χ3n) is 3.39. The highest BCUT2D eigenvalue weighted by Crippen LogP contribution is 2.33. The predicted molar refractivity (Wildman–Crippen MR) is 76.2 cm³/mol. The Morgan fingerprint density at radius 2 is 1.70 bits per heavy atom. The zero-order chi connectivity index (χ0) is 13.5. The van der Waals surface area contributed by atoms with Gasteiger partial charge in [0.2, 0.25) is 0 Å². The van der Waals surface area contributed by atoms with Gasteiger partial charge in [-0.15, -0.1) is 0 Å². The number of hydrogen-bond acceptors (Lipinski definition) is 3. The quantitative estimate of drug-likeness (QED) is 0.584. The van der Waals surface area contributed by atoms with E-state index in [-0.39, 0.29) is 0 Å². The maximum absolute atomic E-state index is 5.20. The van der Waals surface area contributed by atoms with E-state index in [9.17, 15) is 0 Å². The van der Waals surface area contributed by atoms with Crippen molar-refractivity contribution >= 4 is 11.0 Å². The van der Waals surface area contributed by atoms with Crippen LogP contribution in [0.4, 0.5) is 0 Å². The first-order valence-corrected chi connectivity index (χ1v) is 6.37. The molecule has 0 aliphatic heterocycles. The van der Waals surface area contributed by atoms with E-state index in [4.69, 9.17) is 8.83 Å². The fourth-order valence-corrected chi connectivity index (χ4v) is 2.47. The molecule has 1 N–H and O–H groups in total. The first-order valence-electron chi connectivity index (χ1n) is 6.37. The van der Waals surface area contributed by atoms with E-state index in [1.54, 1.807) is 25.1 Å². The van der Waals surface area contributed by atoms with Crippen LogP contribution in [0.25, 0.3) is 33.3 Å². The van der Waals surface area contributed by atoms with E-state index in [1.165, 1.54) is 0 Å². The molecule has 4 rings (SSSR count). The van der Waals surface area contributed by atoms with Crippen LogP contribution < -0.4 is 0 Å². The summed E-state index contributed by atoms with van der Waals surface area (Å²) in [7, 11) is 0. The number of aromatic amines is 1. The molecule has 20 heavy (non-hydrogen) atoms. The maximum atomic E-state index is 5.20. The number of nitrogens with zero attached hydrogens (tertiary/aromatic N) is 1. The van der Waals surface area contributed by atoms with Gasteiger partial charge in [0.05, 0.1) is 36.1 Å². The zero-order valence-corrected chi connectivity index (χ0v) is 10.9. The molecule has 98 valence electrons. The van der Waals surface area contributed by atoms with Crippen molar-refractivity contribution in [1.29, 1.82) is 0 Å². The average Bonchev–Trinajstić information content (AvgIpc) is 3.18. The van der Waals surface area contributed by atoms with Crippen LogP contribution in [0.5, 0.6) is 0 Å². The summed E-state index contributed by atoms with van der Waals surface area (Å²) in [5, 5.41) is 0. The summed E-state index contributed by atoms with van der Waals surface area (Å²) in [6, 6.07) is 8.09. The summed E-state index contributed by atoms with van der Waals surface area (Å²) < 4.78 is 10.4. The lowest BCUT2D eigenvalue weighted by molar-refractivity contribution is 0.568. The molecule has 0 aliphatic rings. The molecule has 4 heteroatoms. The Morgan fingerprint density at radius 1 is 0.950 bits per heavy atom. The van der Waals surface area contributed by atoms with E-state index in [1.807, 2.05) is 19.1 Å². The number of aryl methyl sites for hydroxylation is 1. The molecule has 0 bridgehead atoms. The Labute approximate surface area is 115 Å². The molecule has 0 atom stereocenters. The summed E-state index contributed by atoms with van der Waals surface area (Å²) in [4.78, 5) is 7.86. The minimum atomic E-state index is 0.897. The van der Waals surface area contributed by atoms with Gasteiger partial charge in [0.1, 0.15) is 5.82 Å². The number of hydrogen-bond donors (Lipinski definition) is 1. The van der Waals surface area contributed by atoms with E-state index < -0.39 is 0 Å². The fourth-order valence-electron chi connectivity index (χ4n) is 2.47. The van der Waals surface area contributed by atoms with Crippen LogP contribution >= 0.6 is 0 Å². The van der Waals surface area contributed by atoms with Crippen molar-refractivity contribution in [2.24, 2.45) is 0 Å². The van der Waals surface area contributed by atoms with Crippen molar-refractivity contribution in [3.63, 3.8) is 0 Å². The Hall–Kier alpha value is -2.75. The largest absolute Gasteiger partial charge is 0.472 e. The molecule has 0 fully saturated rings. The molecule has 4 nitrogen and oxygen atoms in total. The number of rotatable bonds is 2. The molecule has 0 saturated carbocycles. The number of furan rings is 2. The lowest BCUT2D eigenvalue weighted by atomic mass is 10.0. The number of fused-ring (bicyclic) bond motifs is 1. The minimum absolute atomic E-state index is 0.897. The summed E-state index contributed by atoms with van der Waals surface area (Å²) >= 11 is 0. The smallest absolute Gasteiger partial charge is 0.104 e. The minimum Gasteiger partial charge on any atom is -0.472 e. The van der Waals surface area contributed by atoms with E-state index >= 15 is 0 Å². The van der Waals surface area contributed by atoms with Crippen LogP contribution in [-0.4, -0.2) is 9.97 Å². The van der Waals surface area contributed by atoms with Gasteiger partial charge in [0.25, 0.3) is 0 Å². The number of nitrogens with one attached hydrogen (secondary N) is 1. The molecule has 0 spiro atoms. The van der Waals surface area contributed by atoms with Crippen molar-refractivity contribution in [2.75, 3.05) is 0 Å². The van der Waals surface area contributed by atoms with E-state index in [2.05, 4.69) is 22.1 Å². The van der Waals surface area contributed by atoms with Crippen LogP contribution in [0.1, 0.15) is 5.82 Å². The summed E-state index contributed by atoms with van der Waals surface area (Å²) in [5.74, 6) is 0.897. The number of benzene rings is 1. The van der Waals surface area contributed by atoms with Gasteiger partial charge in [0, 0.05) is 16.7 Å². The lowest BCUT2D eigenvalue weighted by Gasteiger charge is -2.03. The Bertz CT molecular complexity index is 856. The Morgan fingerprint density at radius 3 is 2.40 bits per heavy atom. The Balaban J connectivity index is 2.04. The number of imidazole rings is 1. The first kappa shape index (κ1) is 11.1. The fraction of sp³-hybridized carbons (Fsp3) is 0.0625. The van der Waals surface area contributed by atoms with Gasteiger partial charge in [-0.1, -0.05) is 0 Å². The van der Waals surface area contributed by atoms with Gasteiger partial charge >= 0.3 is 0 Å². The van der Waals surface area contributed by atoms with Crippen molar-refractivity contribution in [3.05, 3.63) is 55.1 Å². The molecular formula is C16H12N2O2. The SMILES string of the molecule is Cc1nc2c(-c3ccoc3)cc(-c3ccoc3)cc2[nH]1. The monoisotopic (exact) mass is 264 g/mol. The van der Waals surface area contributed by atoms with Crippen molar-refractivity contribution in [1.82, 2.24) is 9.97 Å². The molecule has 0 amide bonds. The predicted octanol–water partition coefficient (Wildman–Crippen LogP) is 4.39. The average molecular weight is 264 g/mol. The third-order valence-corrected chi connectivity index (χ3v) is 3.39. The molecule has 0 unspecified atom stereocenters. The highest BCUT2D eigenvalue weighted by Gasteiger charge is 2.12. The molecule has 1 aromatic carbocycles. The second-order valence-electron chi connectivity index (χ2n) is 4.77. The molecule has 0 saturated heterocycles. The lowest BCUT2D eigenvalue weighted by Crippen LogP contribution is -1.82. The molecule has 3 heterocycles. The Kier molecular flexibility index (Phi) is 2.29. The van der Waals surface area contributed by atoms with E-state index in [0.717, 1.165) is 39.1 Å². The van der Waals surface area contributed by atoms with Crippen molar-refractivity contribution in [3.8, 4) is 22.3 Å². The van der Waals surface area contributed by atoms with Gasteiger partial charge < -0.3 is 13.8 Å². The first-order chi connectivity index (χ1) is 9.81. The highest BCUT2D eigenvalue weighted by molar-refractivity contribution is 5.95. The normalized spacial score (nSPS) is 11.2. The third kappa shape index (κ3) is 1.66. The van der Waals surface area contributed by atoms with Crippen LogP contribution in [0.15, 0.2) is 58.2 Å². The number of H-pyrrole nitrogens is 1. The maximum Gasteiger partial charge on any atom is 0.104 e. The topological polar surface area (TPSA) is 55.0 Å². The van der Waals surface area contributed by atoms with Crippen LogP contribution in [0, 0.1) is 6.92 Å². The molecule has 3 aromatic heterocycles. The van der Waals surface area contributed by atoms with Crippen LogP contribution in [0.2, 0.25) is 0 Å². The van der Waals surface area contributed by atoms with Gasteiger partial charge in [-0.05, 0) is 36.8 Å². The van der Waals surface area contributed by atoms with Gasteiger partial charge in [0.15, 0.2) is 0 Å². The van der Waals surface area contributed by atoms with Gasteiger partial charge in [-0.25, -0.2) is 4.98 Å².